The van der Waals surface area contributed by atoms with Gasteiger partial charge in [0.2, 0.25) is 0 Å². The number of carbonyl (C=O) groups is 1. The topological polar surface area (TPSA) is 59.8 Å². The van der Waals surface area contributed by atoms with Crippen molar-refractivity contribution in [2.45, 2.75) is 6.92 Å². The fraction of sp³-hybridized carbons (Fsp3) is 0.133. The zero-order valence-corrected chi connectivity index (χ0v) is 13.6. The van der Waals surface area contributed by atoms with Crippen molar-refractivity contribution < 1.29 is 4.79 Å². The number of aryl methyl sites for hydroxylation is 2. The van der Waals surface area contributed by atoms with E-state index < -0.39 is 0 Å². The molecule has 3 rings (SSSR count). The highest BCUT2D eigenvalue weighted by atomic mass is 35.5. The summed E-state index contributed by atoms with van der Waals surface area (Å²) in [6.45, 7) is 1.88. The van der Waals surface area contributed by atoms with Gasteiger partial charge in [-0.2, -0.15) is 5.10 Å². The van der Waals surface area contributed by atoms with E-state index in [1.54, 1.807) is 23.9 Å². The summed E-state index contributed by atoms with van der Waals surface area (Å²) in [5, 5.41) is 10.2. The molecule has 0 radical (unpaired) electrons. The van der Waals surface area contributed by atoms with Gasteiger partial charge in [0.25, 0.3) is 5.91 Å². The third kappa shape index (κ3) is 3.03. The van der Waals surface area contributed by atoms with Crippen molar-refractivity contribution in [3.63, 3.8) is 0 Å². The smallest absolute Gasteiger partial charge is 0.275 e. The van der Waals surface area contributed by atoms with Crippen LogP contribution in [0.4, 0.5) is 5.13 Å². The number of anilines is 1. The lowest BCUT2D eigenvalue weighted by Gasteiger charge is -2.00. The van der Waals surface area contributed by atoms with E-state index in [9.17, 15) is 4.79 Å². The van der Waals surface area contributed by atoms with E-state index in [1.807, 2.05) is 30.5 Å². The maximum absolute atomic E-state index is 12.3. The Morgan fingerprint density at radius 3 is 2.86 bits per heavy atom. The Morgan fingerprint density at radius 2 is 2.18 bits per heavy atom. The molecule has 2 heterocycles. The zero-order chi connectivity index (χ0) is 15.7. The molecule has 1 N–H and O–H groups in total. The van der Waals surface area contributed by atoms with Crippen LogP contribution in [-0.2, 0) is 7.05 Å². The number of rotatable bonds is 3. The van der Waals surface area contributed by atoms with Gasteiger partial charge >= 0.3 is 0 Å². The standard InChI is InChI=1S/C15H13ClN4OS/c1-9-8-22-15(17-9)18-14(21)13-7-12(19-20(13)2)10-4-3-5-11(16)6-10/h3-8H,1-2H3,(H,17,18,21). The molecule has 1 amide bonds. The Hall–Kier alpha value is -2.18. The Balaban J connectivity index is 1.87. The minimum absolute atomic E-state index is 0.238. The Morgan fingerprint density at radius 1 is 1.36 bits per heavy atom. The van der Waals surface area contributed by atoms with E-state index in [0.717, 1.165) is 11.3 Å². The number of amides is 1. The predicted molar refractivity (Wildman–Crippen MR) is 88.5 cm³/mol. The summed E-state index contributed by atoms with van der Waals surface area (Å²) in [5.41, 5.74) is 2.91. The highest BCUT2D eigenvalue weighted by molar-refractivity contribution is 7.13. The molecule has 0 aliphatic carbocycles. The van der Waals surface area contributed by atoms with Crippen LogP contribution in [-0.4, -0.2) is 20.7 Å². The fourth-order valence-electron chi connectivity index (χ4n) is 2.04. The first kappa shape index (κ1) is 14.7. The Kier molecular flexibility index (Phi) is 3.96. The van der Waals surface area contributed by atoms with Gasteiger partial charge in [-0.25, -0.2) is 4.98 Å². The molecule has 3 aromatic rings. The normalized spacial score (nSPS) is 10.7. The van der Waals surface area contributed by atoms with Crippen LogP contribution in [0.1, 0.15) is 16.2 Å². The zero-order valence-electron chi connectivity index (χ0n) is 12.0. The highest BCUT2D eigenvalue weighted by Gasteiger charge is 2.15. The van der Waals surface area contributed by atoms with Gasteiger partial charge in [-0.15, -0.1) is 11.3 Å². The second-order valence-corrected chi connectivity index (χ2v) is 6.09. The molecule has 0 aliphatic heterocycles. The summed E-state index contributed by atoms with van der Waals surface area (Å²) in [7, 11) is 1.73. The van der Waals surface area contributed by atoms with Gasteiger partial charge in [0, 0.05) is 23.0 Å². The minimum atomic E-state index is -0.238. The molecule has 0 aliphatic rings. The summed E-state index contributed by atoms with van der Waals surface area (Å²) in [4.78, 5) is 16.5. The van der Waals surface area contributed by atoms with Crippen molar-refractivity contribution in [3.05, 3.63) is 52.1 Å². The first-order chi connectivity index (χ1) is 10.5. The second kappa shape index (κ2) is 5.90. The van der Waals surface area contributed by atoms with Crippen LogP contribution >= 0.6 is 22.9 Å². The molecule has 5 nitrogen and oxygen atoms in total. The molecule has 112 valence electrons. The van der Waals surface area contributed by atoms with Crippen LogP contribution in [0.25, 0.3) is 11.3 Å². The first-order valence-corrected chi connectivity index (χ1v) is 7.82. The molecule has 0 saturated carbocycles. The van der Waals surface area contributed by atoms with E-state index in [2.05, 4.69) is 15.4 Å². The maximum Gasteiger partial charge on any atom is 0.275 e. The summed E-state index contributed by atoms with van der Waals surface area (Å²) in [6.07, 6.45) is 0. The van der Waals surface area contributed by atoms with Crippen LogP contribution in [0, 0.1) is 6.92 Å². The van der Waals surface area contributed by atoms with Crippen LogP contribution in [0.2, 0.25) is 5.02 Å². The van der Waals surface area contributed by atoms with Crippen molar-refractivity contribution in [1.82, 2.24) is 14.8 Å². The number of thiazole rings is 1. The monoisotopic (exact) mass is 332 g/mol. The average molecular weight is 333 g/mol. The van der Waals surface area contributed by atoms with E-state index in [4.69, 9.17) is 11.6 Å². The number of hydrogen-bond donors (Lipinski definition) is 1. The number of nitrogens with one attached hydrogen (secondary N) is 1. The molecule has 2 aromatic heterocycles. The molecule has 0 fully saturated rings. The summed E-state index contributed by atoms with van der Waals surface area (Å²) >= 11 is 7.39. The van der Waals surface area contributed by atoms with E-state index in [0.29, 0.717) is 21.5 Å². The highest BCUT2D eigenvalue weighted by Crippen LogP contribution is 2.23. The average Bonchev–Trinajstić information content (AvgIpc) is 3.05. The fourth-order valence-corrected chi connectivity index (χ4v) is 2.91. The van der Waals surface area contributed by atoms with E-state index in [1.165, 1.54) is 11.3 Å². The molecule has 1 aromatic carbocycles. The summed E-state index contributed by atoms with van der Waals surface area (Å²) in [5.74, 6) is -0.238. The third-order valence-corrected chi connectivity index (χ3v) is 4.18. The van der Waals surface area contributed by atoms with Crippen molar-refractivity contribution in [2.24, 2.45) is 7.05 Å². The lowest BCUT2D eigenvalue weighted by molar-refractivity contribution is 0.101. The van der Waals surface area contributed by atoms with Crippen LogP contribution in [0.15, 0.2) is 35.7 Å². The molecular formula is C15H13ClN4OS. The first-order valence-electron chi connectivity index (χ1n) is 6.56. The van der Waals surface area contributed by atoms with Gasteiger partial charge in [-0.05, 0) is 25.1 Å². The third-order valence-electron chi connectivity index (χ3n) is 3.07. The van der Waals surface area contributed by atoms with Gasteiger partial charge in [-0.1, -0.05) is 23.7 Å². The molecule has 0 spiro atoms. The number of nitrogens with zero attached hydrogens (tertiary/aromatic N) is 3. The van der Waals surface area contributed by atoms with Gasteiger partial charge in [0.1, 0.15) is 5.69 Å². The lowest BCUT2D eigenvalue weighted by Crippen LogP contribution is -2.15. The van der Waals surface area contributed by atoms with Crippen molar-refractivity contribution in [2.75, 3.05) is 5.32 Å². The molecule has 22 heavy (non-hydrogen) atoms. The minimum Gasteiger partial charge on any atom is -0.296 e. The molecule has 0 atom stereocenters. The Labute approximate surface area is 136 Å². The molecule has 0 unspecified atom stereocenters. The summed E-state index contributed by atoms with van der Waals surface area (Å²) < 4.78 is 1.55. The van der Waals surface area contributed by atoms with E-state index in [-0.39, 0.29) is 5.91 Å². The molecule has 7 heteroatoms. The number of hydrogen-bond acceptors (Lipinski definition) is 4. The number of benzene rings is 1. The predicted octanol–water partition coefficient (Wildman–Crippen LogP) is 3.76. The van der Waals surface area contributed by atoms with E-state index >= 15 is 0 Å². The van der Waals surface area contributed by atoms with Gasteiger partial charge in [-0.3, -0.25) is 14.8 Å². The van der Waals surface area contributed by atoms with Crippen LogP contribution in [0.5, 0.6) is 0 Å². The summed E-state index contributed by atoms with van der Waals surface area (Å²) in [6, 6.07) is 9.11. The number of carbonyl (C=O) groups excluding carboxylic acids is 1. The molecular weight excluding hydrogens is 320 g/mol. The van der Waals surface area contributed by atoms with Gasteiger partial charge in [0.05, 0.1) is 11.4 Å². The second-order valence-electron chi connectivity index (χ2n) is 4.80. The van der Waals surface area contributed by atoms with Crippen molar-refractivity contribution in [1.29, 1.82) is 0 Å². The largest absolute Gasteiger partial charge is 0.296 e. The number of halogens is 1. The quantitative estimate of drug-likeness (QED) is 0.794. The maximum atomic E-state index is 12.3. The van der Waals surface area contributed by atoms with Crippen LogP contribution < -0.4 is 5.32 Å². The lowest BCUT2D eigenvalue weighted by atomic mass is 10.1. The molecule has 0 bridgehead atoms. The van der Waals surface area contributed by atoms with Crippen LogP contribution in [0.3, 0.4) is 0 Å². The number of aromatic nitrogens is 3. The SMILES string of the molecule is Cc1csc(NC(=O)c2cc(-c3cccc(Cl)c3)nn2C)n1. The molecule has 0 saturated heterocycles. The van der Waals surface area contributed by atoms with Crippen molar-refractivity contribution in [3.8, 4) is 11.3 Å². The van der Waals surface area contributed by atoms with Crippen molar-refractivity contribution >= 4 is 34.0 Å². The Bertz CT molecular complexity index is 840. The van der Waals surface area contributed by atoms with Gasteiger partial charge in [0.15, 0.2) is 5.13 Å². The van der Waals surface area contributed by atoms with Gasteiger partial charge < -0.3 is 0 Å².